The van der Waals surface area contributed by atoms with Crippen LogP contribution >= 0.6 is 0 Å². The molecule has 2 aromatic carbocycles. The minimum atomic E-state index is -0.0806. The molecular weight excluding hydrogens is 490 g/mol. The summed E-state index contributed by atoms with van der Waals surface area (Å²) in [5.41, 5.74) is 2.91. The van der Waals surface area contributed by atoms with Gasteiger partial charge in [0.15, 0.2) is 6.61 Å². The number of carbonyl (C=O) groups excluding carboxylic acids is 2. The predicted octanol–water partition coefficient (Wildman–Crippen LogP) is 4.53. The van der Waals surface area contributed by atoms with Crippen molar-refractivity contribution < 1.29 is 14.3 Å². The van der Waals surface area contributed by atoms with Crippen molar-refractivity contribution in [2.24, 2.45) is 0 Å². The molecule has 0 radical (unpaired) electrons. The summed E-state index contributed by atoms with van der Waals surface area (Å²) < 4.78 is 7.85. The molecular formula is C31H41N5O3. The van der Waals surface area contributed by atoms with E-state index in [4.69, 9.17) is 4.74 Å². The molecule has 2 heterocycles. The van der Waals surface area contributed by atoms with Crippen LogP contribution < -0.4 is 9.64 Å². The number of nitrogens with zero attached hydrogens (tertiary/aromatic N) is 5. The van der Waals surface area contributed by atoms with Gasteiger partial charge >= 0.3 is 0 Å². The number of amides is 2. The quantitative estimate of drug-likeness (QED) is 0.427. The Kier molecular flexibility index (Phi) is 10.1. The largest absolute Gasteiger partial charge is 0.484 e. The van der Waals surface area contributed by atoms with E-state index in [1.54, 1.807) is 12.5 Å². The van der Waals surface area contributed by atoms with Gasteiger partial charge < -0.3 is 19.1 Å². The first kappa shape index (κ1) is 28.4. The van der Waals surface area contributed by atoms with Crippen LogP contribution in [0.1, 0.15) is 44.2 Å². The van der Waals surface area contributed by atoms with Gasteiger partial charge in [-0.15, -0.1) is 0 Å². The molecule has 8 nitrogen and oxygen atoms in total. The van der Waals surface area contributed by atoms with Crippen LogP contribution in [0.15, 0.2) is 67.3 Å². The number of hydrogen-bond acceptors (Lipinski definition) is 5. The maximum Gasteiger partial charge on any atom is 0.264 e. The van der Waals surface area contributed by atoms with Crippen LogP contribution in [0.5, 0.6) is 5.75 Å². The highest BCUT2D eigenvalue weighted by atomic mass is 16.5. The first-order chi connectivity index (χ1) is 18.9. The van der Waals surface area contributed by atoms with E-state index in [9.17, 15) is 9.59 Å². The summed E-state index contributed by atoms with van der Waals surface area (Å²) in [6.07, 6.45) is 7.51. The number of benzene rings is 2. The highest BCUT2D eigenvalue weighted by Gasteiger charge is 2.25. The number of fused-ring (bicyclic) bond motifs is 1. The van der Waals surface area contributed by atoms with Crippen molar-refractivity contribution in [1.82, 2.24) is 19.4 Å². The predicted molar refractivity (Wildman–Crippen MR) is 154 cm³/mol. The number of para-hydroxylation sites is 2. The first-order valence-corrected chi connectivity index (χ1v) is 14.0. The number of aromatic nitrogens is 2. The van der Waals surface area contributed by atoms with Gasteiger partial charge in [0.1, 0.15) is 5.75 Å². The first-order valence-electron chi connectivity index (χ1n) is 14.0. The highest BCUT2D eigenvalue weighted by Crippen LogP contribution is 2.28. The minimum Gasteiger partial charge on any atom is -0.484 e. The number of hydrogen-bond donors (Lipinski definition) is 0. The average Bonchev–Trinajstić information content (AvgIpc) is 3.44. The molecule has 39 heavy (non-hydrogen) atoms. The second-order valence-electron chi connectivity index (χ2n) is 10.4. The molecule has 0 bridgehead atoms. The molecule has 0 spiro atoms. The fourth-order valence-electron chi connectivity index (χ4n) is 5.13. The zero-order valence-electron chi connectivity index (χ0n) is 23.5. The van der Waals surface area contributed by atoms with E-state index in [0.29, 0.717) is 37.8 Å². The van der Waals surface area contributed by atoms with E-state index in [2.05, 4.69) is 23.7 Å². The third kappa shape index (κ3) is 7.93. The van der Waals surface area contributed by atoms with E-state index < -0.39 is 0 Å². The maximum absolute atomic E-state index is 13.6. The SMILES string of the molecule is Cc1cccc2c1N(C(=O)COc1ccccc1)CCCN(C(C)C)CCN(C(=O)CCCn1ccnc1)C2. The van der Waals surface area contributed by atoms with Crippen LogP contribution in [0.25, 0.3) is 0 Å². The summed E-state index contributed by atoms with van der Waals surface area (Å²) in [6.45, 7) is 10.5. The third-order valence-electron chi connectivity index (χ3n) is 7.29. The molecule has 0 saturated heterocycles. The van der Waals surface area contributed by atoms with E-state index in [-0.39, 0.29) is 18.4 Å². The number of rotatable bonds is 8. The van der Waals surface area contributed by atoms with E-state index in [0.717, 1.165) is 49.3 Å². The molecule has 0 saturated carbocycles. The van der Waals surface area contributed by atoms with Crippen LogP contribution in [0.3, 0.4) is 0 Å². The number of anilines is 1. The van der Waals surface area contributed by atoms with Crippen LogP contribution in [0.4, 0.5) is 5.69 Å². The van der Waals surface area contributed by atoms with Crippen molar-refractivity contribution >= 4 is 17.5 Å². The summed E-state index contributed by atoms with van der Waals surface area (Å²) in [7, 11) is 0. The Bertz CT molecular complexity index is 1200. The van der Waals surface area contributed by atoms with Gasteiger partial charge in [0, 0.05) is 64.1 Å². The third-order valence-corrected chi connectivity index (χ3v) is 7.29. The van der Waals surface area contributed by atoms with Gasteiger partial charge in [0.25, 0.3) is 5.91 Å². The monoisotopic (exact) mass is 531 g/mol. The normalized spacial score (nSPS) is 15.1. The molecule has 0 aliphatic carbocycles. The maximum atomic E-state index is 13.6. The fraction of sp³-hybridized carbons (Fsp3) is 0.452. The fourth-order valence-corrected chi connectivity index (χ4v) is 5.13. The Balaban J connectivity index is 1.57. The lowest BCUT2D eigenvalue weighted by Crippen LogP contribution is -2.41. The molecule has 2 amide bonds. The summed E-state index contributed by atoms with van der Waals surface area (Å²) in [5, 5.41) is 0. The van der Waals surface area contributed by atoms with Gasteiger partial charge in [-0.25, -0.2) is 4.98 Å². The second-order valence-corrected chi connectivity index (χ2v) is 10.4. The molecule has 0 N–H and O–H groups in total. The Labute approximate surface area is 232 Å². The zero-order chi connectivity index (χ0) is 27.6. The van der Waals surface area contributed by atoms with Crippen LogP contribution in [0.2, 0.25) is 0 Å². The lowest BCUT2D eigenvalue weighted by molar-refractivity contribution is -0.132. The molecule has 1 aliphatic heterocycles. The van der Waals surface area contributed by atoms with Gasteiger partial charge in [-0.1, -0.05) is 36.4 Å². The van der Waals surface area contributed by atoms with E-state index in [1.807, 2.05) is 76.0 Å². The minimum absolute atomic E-state index is 0.0391. The van der Waals surface area contributed by atoms with E-state index >= 15 is 0 Å². The summed E-state index contributed by atoms with van der Waals surface area (Å²) in [6, 6.07) is 15.9. The van der Waals surface area contributed by atoms with Crippen molar-refractivity contribution in [2.75, 3.05) is 37.7 Å². The van der Waals surface area contributed by atoms with Crippen molar-refractivity contribution in [3.8, 4) is 5.75 Å². The molecule has 0 fully saturated rings. The van der Waals surface area contributed by atoms with Crippen molar-refractivity contribution in [3.63, 3.8) is 0 Å². The van der Waals surface area contributed by atoms with Crippen LogP contribution in [-0.4, -0.2) is 70.0 Å². The smallest absolute Gasteiger partial charge is 0.264 e. The molecule has 208 valence electrons. The van der Waals surface area contributed by atoms with Gasteiger partial charge in [-0.3, -0.25) is 14.5 Å². The van der Waals surface area contributed by atoms with Gasteiger partial charge in [-0.05, 0) is 56.9 Å². The zero-order valence-corrected chi connectivity index (χ0v) is 23.5. The molecule has 0 unspecified atom stereocenters. The standard InChI is InChI=1S/C31H41N5O3/c1-25(2)34-17-9-18-36(30(38)23-39-28-12-5-4-6-13-28)31-26(3)10-7-11-27(31)22-35(21-20-34)29(37)14-8-16-33-19-15-32-24-33/h4-7,10-13,15,19,24-25H,8-9,14,16-18,20-23H2,1-3H3. The van der Waals surface area contributed by atoms with Crippen molar-refractivity contribution in [3.05, 3.63) is 78.4 Å². The Morgan fingerprint density at radius 1 is 0.974 bits per heavy atom. The molecule has 1 aliphatic rings. The van der Waals surface area contributed by atoms with Gasteiger partial charge in [-0.2, -0.15) is 0 Å². The van der Waals surface area contributed by atoms with Gasteiger partial charge in [0.05, 0.1) is 12.0 Å². The number of carbonyl (C=O) groups is 2. The number of ether oxygens (including phenoxy) is 1. The average molecular weight is 532 g/mol. The van der Waals surface area contributed by atoms with Crippen molar-refractivity contribution in [2.45, 2.75) is 59.2 Å². The number of aryl methyl sites for hydroxylation is 2. The molecule has 4 rings (SSSR count). The molecule has 0 atom stereocenters. The van der Waals surface area contributed by atoms with E-state index in [1.165, 1.54) is 0 Å². The molecule has 8 heteroatoms. The Morgan fingerprint density at radius 2 is 1.79 bits per heavy atom. The van der Waals surface area contributed by atoms with Crippen LogP contribution in [0, 0.1) is 6.92 Å². The lowest BCUT2D eigenvalue weighted by Gasteiger charge is -2.30. The second kappa shape index (κ2) is 13.9. The Hall–Kier alpha value is -3.65. The van der Waals surface area contributed by atoms with Crippen molar-refractivity contribution in [1.29, 1.82) is 0 Å². The van der Waals surface area contributed by atoms with Crippen LogP contribution in [-0.2, 0) is 22.7 Å². The molecule has 3 aromatic rings. The Morgan fingerprint density at radius 3 is 2.54 bits per heavy atom. The number of imidazole rings is 1. The highest BCUT2D eigenvalue weighted by molar-refractivity contribution is 5.96. The summed E-state index contributed by atoms with van der Waals surface area (Å²) >= 11 is 0. The summed E-state index contributed by atoms with van der Waals surface area (Å²) in [5.74, 6) is 0.728. The van der Waals surface area contributed by atoms with Gasteiger partial charge in [0.2, 0.25) is 5.91 Å². The molecule has 1 aromatic heterocycles. The lowest BCUT2D eigenvalue weighted by atomic mass is 10.0. The summed E-state index contributed by atoms with van der Waals surface area (Å²) in [4.78, 5) is 37.5. The topological polar surface area (TPSA) is 70.9 Å².